The second kappa shape index (κ2) is 7.39. The second-order valence-corrected chi connectivity index (χ2v) is 5.81. The highest BCUT2D eigenvalue weighted by Crippen LogP contribution is 2.24. The van der Waals surface area contributed by atoms with E-state index >= 15 is 0 Å². The first-order chi connectivity index (χ1) is 8.95. The Morgan fingerprint density at radius 1 is 1.32 bits per heavy atom. The Balaban J connectivity index is 2.58. The van der Waals surface area contributed by atoms with Crippen molar-refractivity contribution in [3.8, 4) is 0 Å². The van der Waals surface area contributed by atoms with E-state index in [9.17, 15) is 0 Å². The van der Waals surface area contributed by atoms with Crippen molar-refractivity contribution in [2.24, 2.45) is 10.7 Å². The number of nitrogens with two attached hydrogens (primary N) is 1. The van der Waals surface area contributed by atoms with E-state index in [1.54, 1.807) is 0 Å². The summed E-state index contributed by atoms with van der Waals surface area (Å²) in [5, 5.41) is 3.88. The zero-order valence-electron chi connectivity index (χ0n) is 12.0. The molecule has 19 heavy (non-hydrogen) atoms. The number of nitrogens with zero attached hydrogens (tertiary/aromatic N) is 1. The van der Waals surface area contributed by atoms with Gasteiger partial charge in [0.1, 0.15) is 0 Å². The van der Waals surface area contributed by atoms with Gasteiger partial charge in [0.2, 0.25) is 0 Å². The van der Waals surface area contributed by atoms with Gasteiger partial charge in [-0.05, 0) is 24.1 Å². The van der Waals surface area contributed by atoms with Gasteiger partial charge in [-0.1, -0.05) is 50.9 Å². The first-order valence-corrected chi connectivity index (χ1v) is 7.13. The van der Waals surface area contributed by atoms with Crippen molar-refractivity contribution in [2.75, 3.05) is 13.1 Å². The molecule has 0 aliphatic heterocycles. The van der Waals surface area contributed by atoms with Crippen LogP contribution in [0, 0.1) is 0 Å². The van der Waals surface area contributed by atoms with Crippen LogP contribution in [0.2, 0.25) is 5.02 Å². The molecule has 4 heteroatoms. The zero-order valence-corrected chi connectivity index (χ0v) is 12.8. The molecule has 0 aliphatic rings. The van der Waals surface area contributed by atoms with Crippen LogP contribution in [0.3, 0.4) is 0 Å². The van der Waals surface area contributed by atoms with Crippen LogP contribution in [0.1, 0.15) is 39.2 Å². The molecule has 0 amide bonds. The maximum absolute atomic E-state index is 5.90. The van der Waals surface area contributed by atoms with Gasteiger partial charge >= 0.3 is 0 Å². The fourth-order valence-electron chi connectivity index (χ4n) is 1.72. The molecule has 0 saturated heterocycles. The molecule has 0 unspecified atom stereocenters. The molecule has 0 spiro atoms. The molecule has 0 bridgehead atoms. The van der Waals surface area contributed by atoms with Crippen LogP contribution in [0.25, 0.3) is 0 Å². The van der Waals surface area contributed by atoms with Crippen LogP contribution in [0.5, 0.6) is 0 Å². The number of unbranched alkanes of at least 4 members (excludes halogenated alkanes) is 1. The average Bonchev–Trinajstić information content (AvgIpc) is 2.37. The molecule has 0 aromatic heterocycles. The van der Waals surface area contributed by atoms with Crippen molar-refractivity contribution in [1.82, 2.24) is 5.32 Å². The Kier molecular flexibility index (Phi) is 6.16. The van der Waals surface area contributed by atoms with Gasteiger partial charge in [0.05, 0.1) is 6.54 Å². The number of rotatable bonds is 6. The lowest BCUT2D eigenvalue weighted by molar-refractivity contribution is 0.538. The quantitative estimate of drug-likeness (QED) is 0.477. The summed E-state index contributed by atoms with van der Waals surface area (Å²) >= 11 is 5.90. The Labute approximate surface area is 121 Å². The number of hydrogen-bond acceptors (Lipinski definition) is 1. The zero-order chi connectivity index (χ0) is 14.3. The second-order valence-electron chi connectivity index (χ2n) is 5.37. The minimum Gasteiger partial charge on any atom is -0.370 e. The topological polar surface area (TPSA) is 50.4 Å². The summed E-state index contributed by atoms with van der Waals surface area (Å²) in [7, 11) is 0. The molecule has 0 fully saturated rings. The highest BCUT2D eigenvalue weighted by molar-refractivity contribution is 6.30. The van der Waals surface area contributed by atoms with Crippen LogP contribution in [0.15, 0.2) is 29.3 Å². The van der Waals surface area contributed by atoms with Gasteiger partial charge in [-0.3, -0.25) is 4.99 Å². The smallest absolute Gasteiger partial charge is 0.188 e. The minimum absolute atomic E-state index is 0.0539. The van der Waals surface area contributed by atoms with Crippen molar-refractivity contribution >= 4 is 17.6 Å². The Morgan fingerprint density at radius 2 is 1.95 bits per heavy atom. The van der Waals surface area contributed by atoms with Gasteiger partial charge in [-0.15, -0.1) is 0 Å². The van der Waals surface area contributed by atoms with Crippen LogP contribution < -0.4 is 11.1 Å². The molecule has 1 aromatic carbocycles. The first kappa shape index (κ1) is 15.8. The van der Waals surface area contributed by atoms with E-state index in [2.05, 4.69) is 31.1 Å². The number of guanidine groups is 1. The van der Waals surface area contributed by atoms with Gasteiger partial charge in [-0.2, -0.15) is 0 Å². The monoisotopic (exact) mass is 281 g/mol. The summed E-state index contributed by atoms with van der Waals surface area (Å²) in [5.74, 6) is 0.524. The lowest BCUT2D eigenvalue weighted by atomic mass is 9.85. The van der Waals surface area contributed by atoms with Crippen molar-refractivity contribution in [3.63, 3.8) is 0 Å². The lowest BCUT2D eigenvalue weighted by Crippen LogP contribution is -2.34. The predicted octanol–water partition coefficient (Wildman–Crippen LogP) is 3.32. The molecule has 0 radical (unpaired) electrons. The molecular formula is C15H24ClN3. The molecule has 0 atom stereocenters. The highest BCUT2D eigenvalue weighted by Gasteiger charge is 2.20. The molecule has 0 aliphatic carbocycles. The predicted molar refractivity (Wildman–Crippen MR) is 83.9 cm³/mol. The van der Waals surface area contributed by atoms with Crippen LogP contribution in [-0.4, -0.2) is 19.0 Å². The van der Waals surface area contributed by atoms with Gasteiger partial charge in [0, 0.05) is 17.0 Å². The lowest BCUT2D eigenvalue weighted by Gasteiger charge is -2.23. The van der Waals surface area contributed by atoms with Gasteiger partial charge in [0.25, 0.3) is 0 Å². The SMILES string of the molecule is CCCCNC(N)=NCC(C)(C)c1ccc(Cl)cc1. The van der Waals surface area contributed by atoms with Gasteiger partial charge in [-0.25, -0.2) is 0 Å². The third-order valence-electron chi connectivity index (χ3n) is 3.11. The molecule has 0 saturated carbocycles. The van der Waals surface area contributed by atoms with E-state index in [1.807, 2.05) is 24.3 Å². The summed E-state index contributed by atoms with van der Waals surface area (Å²) in [4.78, 5) is 4.42. The molecule has 3 nitrogen and oxygen atoms in total. The molecule has 1 aromatic rings. The summed E-state index contributed by atoms with van der Waals surface area (Å²) in [6.07, 6.45) is 2.26. The van der Waals surface area contributed by atoms with Crippen molar-refractivity contribution in [3.05, 3.63) is 34.9 Å². The van der Waals surface area contributed by atoms with E-state index in [0.29, 0.717) is 12.5 Å². The summed E-state index contributed by atoms with van der Waals surface area (Å²) in [6.45, 7) is 7.99. The summed E-state index contributed by atoms with van der Waals surface area (Å²) in [6, 6.07) is 7.90. The Bertz CT molecular complexity index is 410. The Morgan fingerprint density at radius 3 is 2.53 bits per heavy atom. The third-order valence-corrected chi connectivity index (χ3v) is 3.36. The average molecular weight is 282 g/mol. The first-order valence-electron chi connectivity index (χ1n) is 6.75. The van der Waals surface area contributed by atoms with Crippen molar-refractivity contribution in [2.45, 2.75) is 39.0 Å². The maximum atomic E-state index is 5.90. The number of benzene rings is 1. The molecular weight excluding hydrogens is 258 g/mol. The van der Waals surface area contributed by atoms with Crippen LogP contribution >= 0.6 is 11.6 Å². The third kappa shape index (κ3) is 5.52. The highest BCUT2D eigenvalue weighted by atomic mass is 35.5. The fourth-order valence-corrected chi connectivity index (χ4v) is 1.85. The maximum Gasteiger partial charge on any atom is 0.188 e. The molecule has 106 valence electrons. The van der Waals surface area contributed by atoms with E-state index in [0.717, 1.165) is 24.4 Å². The number of hydrogen-bond donors (Lipinski definition) is 2. The van der Waals surface area contributed by atoms with E-state index < -0.39 is 0 Å². The molecule has 1 rings (SSSR count). The van der Waals surface area contributed by atoms with Crippen LogP contribution in [0.4, 0.5) is 0 Å². The molecule has 0 heterocycles. The van der Waals surface area contributed by atoms with Crippen molar-refractivity contribution < 1.29 is 0 Å². The fraction of sp³-hybridized carbons (Fsp3) is 0.533. The minimum atomic E-state index is -0.0539. The van der Waals surface area contributed by atoms with Crippen molar-refractivity contribution in [1.29, 1.82) is 0 Å². The van der Waals surface area contributed by atoms with E-state index in [-0.39, 0.29) is 5.41 Å². The largest absolute Gasteiger partial charge is 0.370 e. The normalized spacial score (nSPS) is 12.5. The Hall–Kier alpha value is -1.22. The number of aliphatic imine (C=N–C) groups is 1. The number of halogens is 1. The van der Waals surface area contributed by atoms with Gasteiger partial charge < -0.3 is 11.1 Å². The molecule has 3 N–H and O–H groups in total. The summed E-state index contributed by atoms with van der Waals surface area (Å²) < 4.78 is 0. The van der Waals surface area contributed by atoms with Crippen LogP contribution in [-0.2, 0) is 5.41 Å². The number of nitrogens with one attached hydrogen (secondary N) is 1. The van der Waals surface area contributed by atoms with E-state index in [1.165, 1.54) is 5.56 Å². The summed E-state index contributed by atoms with van der Waals surface area (Å²) in [5.41, 5.74) is 7.00. The van der Waals surface area contributed by atoms with E-state index in [4.69, 9.17) is 17.3 Å². The van der Waals surface area contributed by atoms with Gasteiger partial charge in [0.15, 0.2) is 5.96 Å². The standard InChI is InChI=1S/C15H24ClN3/c1-4-5-10-18-14(17)19-11-15(2,3)12-6-8-13(16)9-7-12/h6-9H,4-5,10-11H2,1-3H3,(H3,17,18,19).